The van der Waals surface area contributed by atoms with Crippen LogP contribution in [0.25, 0.3) is 5.69 Å². The van der Waals surface area contributed by atoms with E-state index in [1.54, 1.807) is 4.90 Å². The van der Waals surface area contributed by atoms with Crippen molar-refractivity contribution in [3.05, 3.63) is 47.3 Å². The van der Waals surface area contributed by atoms with E-state index in [-0.39, 0.29) is 5.91 Å². The molecule has 0 aliphatic carbocycles. The standard InChI is InChI=1S/C16H21N3O/c1-5-16(20)18(4)11-15-12(2)17-19(13(15)3)14-9-7-6-8-10-14/h6-10H,5,11H2,1-4H3. The van der Waals surface area contributed by atoms with Gasteiger partial charge in [0.05, 0.1) is 11.4 Å². The minimum absolute atomic E-state index is 0.149. The number of carbonyl (C=O) groups is 1. The van der Waals surface area contributed by atoms with Crippen molar-refractivity contribution >= 4 is 5.91 Å². The molecule has 0 atom stereocenters. The Morgan fingerprint density at radius 2 is 1.90 bits per heavy atom. The summed E-state index contributed by atoms with van der Waals surface area (Å²) in [6.45, 7) is 6.53. The molecule has 2 aromatic rings. The second-order valence-corrected chi connectivity index (χ2v) is 5.00. The number of benzene rings is 1. The molecule has 1 heterocycles. The molecule has 0 saturated heterocycles. The molecule has 106 valence electrons. The molecule has 0 aliphatic heterocycles. The van der Waals surface area contributed by atoms with Crippen LogP contribution in [0.4, 0.5) is 0 Å². The molecule has 1 aromatic heterocycles. The van der Waals surface area contributed by atoms with Crippen molar-refractivity contribution in [2.45, 2.75) is 33.7 Å². The molecule has 0 spiro atoms. The van der Waals surface area contributed by atoms with Gasteiger partial charge in [-0.2, -0.15) is 5.10 Å². The summed E-state index contributed by atoms with van der Waals surface area (Å²) >= 11 is 0. The number of aromatic nitrogens is 2. The zero-order valence-corrected chi connectivity index (χ0v) is 12.6. The Kier molecular flexibility index (Phi) is 4.23. The second kappa shape index (κ2) is 5.90. The number of hydrogen-bond donors (Lipinski definition) is 0. The van der Waals surface area contributed by atoms with Crippen LogP contribution in [-0.4, -0.2) is 27.6 Å². The Morgan fingerprint density at radius 3 is 2.50 bits per heavy atom. The monoisotopic (exact) mass is 271 g/mol. The highest BCUT2D eigenvalue weighted by Crippen LogP contribution is 2.19. The first kappa shape index (κ1) is 14.3. The number of carbonyl (C=O) groups excluding carboxylic acids is 1. The summed E-state index contributed by atoms with van der Waals surface area (Å²) < 4.78 is 1.94. The molecule has 0 bridgehead atoms. The highest BCUT2D eigenvalue weighted by atomic mass is 16.2. The van der Waals surface area contributed by atoms with Gasteiger partial charge in [-0.3, -0.25) is 4.79 Å². The van der Waals surface area contributed by atoms with Crippen LogP contribution in [0.3, 0.4) is 0 Å². The van der Waals surface area contributed by atoms with E-state index in [1.807, 2.05) is 62.8 Å². The first-order chi connectivity index (χ1) is 9.54. The molecule has 4 heteroatoms. The molecule has 4 nitrogen and oxygen atoms in total. The summed E-state index contributed by atoms with van der Waals surface area (Å²) in [5.74, 6) is 0.149. The van der Waals surface area contributed by atoms with Gasteiger partial charge in [-0.05, 0) is 26.0 Å². The van der Waals surface area contributed by atoms with Crippen molar-refractivity contribution in [2.24, 2.45) is 0 Å². The molecule has 0 unspecified atom stereocenters. The molecule has 20 heavy (non-hydrogen) atoms. The van der Waals surface area contributed by atoms with E-state index < -0.39 is 0 Å². The Bertz CT molecular complexity index is 602. The average molecular weight is 271 g/mol. The van der Waals surface area contributed by atoms with Gasteiger partial charge in [-0.25, -0.2) is 4.68 Å². The maximum atomic E-state index is 11.7. The highest BCUT2D eigenvalue weighted by molar-refractivity contribution is 5.75. The van der Waals surface area contributed by atoms with Gasteiger partial charge >= 0.3 is 0 Å². The Hall–Kier alpha value is -2.10. The molecule has 1 aromatic carbocycles. The van der Waals surface area contributed by atoms with Crippen LogP contribution in [0, 0.1) is 13.8 Å². The van der Waals surface area contributed by atoms with Crippen molar-refractivity contribution in [3.63, 3.8) is 0 Å². The van der Waals surface area contributed by atoms with E-state index in [2.05, 4.69) is 5.10 Å². The Balaban J connectivity index is 2.33. The average Bonchev–Trinajstić information content (AvgIpc) is 2.75. The maximum Gasteiger partial charge on any atom is 0.222 e. The van der Waals surface area contributed by atoms with Gasteiger partial charge in [0.1, 0.15) is 0 Å². The summed E-state index contributed by atoms with van der Waals surface area (Å²) in [5, 5.41) is 4.60. The van der Waals surface area contributed by atoms with Gasteiger partial charge in [0.15, 0.2) is 0 Å². The first-order valence-electron chi connectivity index (χ1n) is 6.89. The van der Waals surface area contributed by atoms with Crippen LogP contribution >= 0.6 is 0 Å². The van der Waals surface area contributed by atoms with Gasteiger partial charge in [0.25, 0.3) is 0 Å². The first-order valence-corrected chi connectivity index (χ1v) is 6.89. The van der Waals surface area contributed by atoms with Gasteiger partial charge in [-0.15, -0.1) is 0 Å². The molecule has 0 saturated carbocycles. The maximum absolute atomic E-state index is 11.7. The van der Waals surface area contributed by atoms with E-state index in [9.17, 15) is 4.79 Å². The number of amides is 1. The van der Waals surface area contributed by atoms with E-state index in [4.69, 9.17) is 0 Å². The quantitative estimate of drug-likeness (QED) is 0.857. The summed E-state index contributed by atoms with van der Waals surface area (Å²) in [6.07, 6.45) is 0.529. The lowest BCUT2D eigenvalue weighted by Gasteiger charge is -2.16. The van der Waals surface area contributed by atoms with Crippen molar-refractivity contribution in [1.82, 2.24) is 14.7 Å². The summed E-state index contributed by atoms with van der Waals surface area (Å²) in [6, 6.07) is 10.1. The molecule has 0 aliphatic rings. The molecular weight excluding hydrogens is 250 g/mol. The predicted octanol–water partition coefficient (Wildman–Crippen LogP) is 2.86. The zero-order chi connectivity index (χ0) is 14.7. The number of rotatable bonds is 4. The van der Waals surface area contributed by atoms with Gasteiger partial charge < -0.3 is 4.90 Å². The van der Waals surface area contributed by atoms with Crippen molar-refractivity contribution < 1.29 is 4.79 Å². The summed E-state index contributed by atoms with van der Waals surface area (Å²) in [4.78, 5) is 13.5. The van der Waals surface area contributed by atoms with E-state index in [0.29, 0.717) is 13.0 Å². The van der Waals surface area contributed by atoms with Crippen LogP contribution in [0.15, 0.2) is 30.3 Å². The zero-order valence-electron chi connectivity index (χ0n) is 12.6. The predicted molar refractivity (Wildman–Crippen MR) is 79.8 cm³/mol. The van der Waals surface area contributed by atoms with Crippen LogP contribution < -0.4 is 0 Å². The second-order valence-electron chi connectivity index (χ2n) is 5.00. The Morgan fingerprint density at radius 1 is 1.25 bits per heavy atom. The molecule has 0 radical (unpaired) electrons. The lowest BCUT2D eigenvalue weighted by molar-refractivity contribution is -0.130. The van der Waals surface area contributed by atoms with Crippen LogP contribution in [0.2, 0.25) is 0 Å². The lowest BCUT2D eigenvalue weighted by Crippen LogP contribution is -2.25. The van der Waals surface area contributed by atoms with Crippen molar-refractivity contribution in [2.75, 3.05) is 7.05 Å². The van der Waals surface area contributed by atoms with Gasteiger partial charge in [-0.1, -0.05) is 25.1 Å². The SMILES string of the molecule is CCC(=O)N(C)Cc1c(C)nn(-c2ccccc2)c1C. The number of nitrogens with zero attached hydrogens (tertiary/aromatic N) is 3. The summed E-state index contributed by atoms with van der Waals surface area (Å²) in [5.41, 5.74) is 4.23. The van der Waals surface area contributed by atoms with E-state index in [1.165, 1.54) is 0 Å². The fraction of sp³-hybridized carbons (Fsp3) is 0.375. The van der Waals surface area contributed by atoms with Gasteiger partial charge in [0, 0.05) is 31.3 Å². The minimum atomic E-state index is 0.149. The number of para-hydroxylation sites is 1. The normalized spacial score (nSPS) is 10.6. The van der Waals surface area contributed by atoms with E-state index in [0.717, 1.165) is 22.6 Å². The largest absolute Gasteiger partial charge is 0.341 e. The third kappa shape index (κ3) is 2.74. The third-order valence-electron chi connectivity index (χ3n) is 3.57. The van der Waals surface area contributed by atoms with Crippen molar-refractivity contribution in [3.8, 4) is 5.69 Å². The number of aryl methyl sites for hydroxylation is 1. The number of hydrogen-bond acceptors (Lipinski definition) is 2. The Labute approximate surface area is 120 Å². The highest BCUT2D eigenvalue weighted by Gasteiger charge is 2.16. The smallest absolute Gasteiger partial charge is 0.222 e. The molecular formula is C16H21N3O. The molecule has 0 N–H and O–H groups in total. The van der Waals surface area contributed by atoms with E-state index >= 15 is 0 Å². The van der Waals surface area contributed by atoms with Crippen molar-refractivity contribution in [1.29, 1.82) is 0 Å². The van der Waals surface area contributed by atoms with Crippen LogP contribution in [-0.2, 0) is 11.3 Å². The van der Waals surface area contributed by atoms with Gasteiger partial charge in [0.2, 0.25) is 5.91 Å². The lowest BCUT2D eigenvalue weighted by atomic mass is 10.2. The molecule has 0 fully saturated rings. The van der Waals surface area contributed by atoms with Crippen LogP contribution in [0.1, 0.15) is 30.3 Å². The minimum Gasteiger partial charge on any atom is -0.341 e. The fourth-order valence-corrected chi connectivity index (χ4v) is 2.32. The molecule has 1 amide bonds. The van der Waals surface area contributed by atoms with Crippen LogP contribution in [0.5, 0.6) is 0 Å². The fourth-order valence-electron chi connectivity index (χ4n) is 2.32. The topological polar surface area (TPSA) is 38.1 Å². The summed E-state index contributed by atoms with van der Waals surface area (Å²) in [7, 11) is 1.84. The molecule has 2 rings (SSSR count). The third-order valence-corrected chi connectivity index (χ3v) is 3.57.